The lowest BCUT2D eigenvalue weighted by Crippen LogP contribution is -2.39. The highest BCUT2D eigenvalue weighted by Gasteiger charge is 2.26. The van der Waals surface area contributed by atoms with Crippen molar-refractivity contribution in [3.05, 3.63) is 23.8 Å². The smallest absolute Gasteiger partial charge is 0.307 e. The molecular formula is C21H31NO5. The molecule has 1 aliphatic carbocycles. The number of methoxy groups -OCH3 is 3. The van der Waals surface area contributed by atoms with Gasteiger partial charge in [0.05, 0.1) is 27.8 Å². The van der Waals surface area contributed by atoms with E-state index in [2.05, 4.69) is 0 Å². The van der Waals surface area contributed by atoms with Crippen LogP contribution in [0.3, 0.4) is 0 Å². The summed E-state index contributed by atoms with van der Waals surface area (Å²) >= 11 is 0. The van der Waals surface area contributed by atoms with Gasteiger partial charge >= 0.3 is 5.97 Å². The van der Waals surface area contributed by atoms with E-state index in [4.69, 9.17) is 14.2 Å². The Morgan fingerprint density at radius 3 is 2.33 bits per heavy atom. The van der Waals surface area contributed by atoms with Gasteiger partial charge in [-0.15, -0.1) is 0 Å². The highest BCUT2D eigenvalue weighted by Crippen LogP contribution is 2.28. The van der Waals surface area contributed by atoms with E-state index in [9.17, 15) is 9.59 Å². The van der Waals surface area contributed by atoms with Gasteiger partial charge in [-0.1, -0.05) is 25.3 Å². The highest BCUT2D eigenvalue weighted by atomic mass is 16.5. The number of rotatable bonds is 9. The van der Waals surface area contributed by atoms with E-state index in [-0.39, 0.29) is 24.2 Å². The summed E-state index contributed by atoms with van der Waals surface area (Å²) in [6.07, 6.45) is 6.24. The van der Waals surface area contributed by atoms with Crippen LogP contribution < -0.4 is 9.47 Å². The van der Waals surface area contributed by atoms with E-state index < -0.39 is 0 Å². The molecule has 27 heavy (non-hydrogen) atoms. The van der Waals surface area contributed by atoms with Crippen LogP contribution in [0.5, 0.6) is 11.5 Å². The second-order valence-corrected chi connectivity index (χ2v) is 6.93. The molecule has 0 aromatic heterocycles. The van der Waals surface area contributed by atoms with Crippen molar-refractivity contribution in [1.82, 2.24) is 4.90 Å². The molecule has 150 valence electrons. The molecule has 2 rings (SSSR count). The van der Waals surface area contributed by atoms with Crippen molar-refractivity contribution >= 4 is 11.9 Å². The molecule has 0 atom stereocenters. The monoisotopic (exact) mass is 377 g/mol. The number of amides is 1. The third-order valence-electron chi connectivity index (χ3n) is 5.20. The van der Waals surface area contributed by atoms with Crippen LogP contribution in [0.4, 0.5) is 0 Å². The number of benzene rings is 1. The zero-order valence-corrected chi connectivity index (χ0v) is 16.7. The van der Waals surface area contributed by atoms with Crippen molar-refractivity contribution < 1.29 is 23.8 Å². The first kappa shape index (κ1) is 21.1. The van der Waals surface area contributed by atoms with Crippen LogP contribution in [0.1, 0.15) is 44.1 Å². The second kappa shape index (κ2) is 10.8. The summed E-state index contributed by atoms with van der Waals surface area (Å²) in [4.78, 5) is 26.3. The maximum atomic E-state index is 13.0. The van der Waals surface area contributed by atoms with E-state index in [1.54, 1.807) is 14.2 Å². The number of nitrogens with zero attached hydrogens (tertiary/aromatic N) is 1. The van der Waals surface area contributed by atoms with Crippen molar-refractivity contribution in [3.63, 3.8) is 0 Å². The fourth-order valence-corrected chi connectivity index (χ4v) is 3.57. The zero-order valence-electron chi connectivity index (χ0n) is 16.7. The summed E-state index contributed by atoms with van der Waals surface area (Å²) in [7, 11) is 4.59. The maximum absolute atomic E-state index is 13.0. The third-order valence-corrected chi connectivity index (χ3v) is 5.20. The van der Waals surface area contributed by atoms with Gasteiger partial charge in [-0.3, -0.25) is 9.59 Å². The molecule has 1 aliphatic rings. The predicted molar refractivity (Wildman–Crippen MR) is 103 cm³/mol. The largest absolute Gasteiger partial charge is 0.493 e. The van der Waals surface area contributed by atoms with Crippen LogP contribution >= 0.6 is 0 Å². The van der Waals surface area contributed by atoms with Crippen molar-refractivity contribution in [2.45, 2.75) is 44.9 Å². The minimum Gasteiger partial charge on any atom is -0.493 e. The number of carbonyl (C=O) groups excluding carboxylic acids is 2. The van der Waals surface area contributed by atoms with E-state index in [1.165, 1.54) is 13.5 Å². The zero-order chi connectivity index (χ0) is 19.6. The van der Waals surface area contributed by atoms with E-state index >= 15 is 0 Å². The Hall–Kier alpha value is -2.24. The van der Waals surface area contributed by atoms with Crippen LogP contribution in [-0.2, 0) is 20.7 Å². The van der Waals surface area contributed by atoms with Gasteiger partial charge in [-0.2, -0.15) is 0 Å². The molecule has 0 unspecified atom stereocenters. The van der Waals surface area contributed by atoms with E-state index in [0.29, 0.717) is 31.0 Å². The molecule has 0 radical (unpaired) electrons. The van der Waals surface area contributed by atoms with Crippen LogP contribution in [-0.4, -0.2) is 51.2 Å². The Bertz CT molecular complexity index is 625. The van der Waals surface area contributed by atoms with Gasteiger partial charge in [-0.25, -0.2) is 0 Å². The van der Waals surface area contributed by atoms with Crippen molar-refractivity contribution in [2.24, 2.45) is 5.92 Å². The Morgan fingerprint density at radius 1 is 1.00 bits per heavy atom. The lowest BCUT2D eigenvalue weighted by Gasteiger charge is -2.29. The average molecular weight is 377 g/mol. The van der Waals surface area contributed by atoms with Crippen molar-refractivity contribution in [1.29, 1.82) is 0 Å². The summed E-state index contributed by atoms with van der Waals surface area (Å²) in [5.41, 5.74) is 1.06. The van der Waals surface area contributed by atoms with Gasteiger partial charge in [0, 0.05) is 19.0 Å². The number of ether oxygens (including phenoxy) is 3. The SMILES string of the molecule is COC(=O)CCN(CCc1ccc(OC)c(OC)c1)C(=O)C1CCCCC1. The molecule has 1 fully saturated rings. The summed E-state index contributed by atoms with van der Waals surface area (Å²) in [5, 5.41) is 0. The fraction of sp³-hybridized carbons (Fsp3) is 0.619. The quantitative estimate of drug-likeness (QED) is 0.618. The molecule has 0 spiro atoms. The molecule has 1 amide bonds. The minimum atomic E-state index is -0.289. The normalized spacial score (nSPS) is 14.5. The molecule has 0 heterocycles. The maximum Gasteiger partial charge on any atom is 0.307 e. The van der Waals surface area contributed by atoms with Gasteiger partial charge < -0.3 is 19.1 Å². The third kappa shape index (κ3) is 6.15. The number of hydrogen-bond donors (Lipinski definition) is 0. The number of carbonyl (C=O) groups is 2. The molecule has 0 aliphatic heterocycles. The average Bonchev–Trinajstić information content (AvgIpc) is 2.73. The topological polar surface area (TPSA) is 65.1 Å². The summed E-state index contributed by atoms with van der Waals surface area (Å²) in [5.74, 6) is 1.32. The first-order valence-electron chi connectivity index (χ1n) is 9.65. The van der Waals surface area contributed by atoms with E-state index in [0.717, 1.165) is 31.2 Å². The minimum absolute atomic E-state index is 0.0850. The molecule has 0 bridgehead atoms. The molecular weight excluding hydrogens is 346 g/mol. The van der Waals surface area contributed by atoms with Gasteiger partial charge in [0.1, 0.15) is 0 Å². The van der Waals surface area contributed by atoms with E-state index in [1.807, 2.05) is 23.1 Å². The number of hydrogen-bond acceptors (Lipinski definition) is 5. The molecule has 1 saturated carbocycles. The highest BCUT2D eigenvalue weighted by molar-refractivity contribution is 5.79. The van der Waals surface area contributed by atoms with Crippen molar-refractivity contribution in [3.8, 4) is 11.5 Å². The Balaban J connectivity index is 2.04. The van der Waals surface area contributed by atoms with Crippen LogP contribution in [0.2, 0.25) is 0 Å². The first-order valence-corrected chi connectivity index (χ1v) is 9.65. The predicted octanol–water partition coefficient (Wildman–Crippen LogP) is 3.22. The van der Waals surface area contributed by atoms with Crippen LogP contribution in [0.25, 0.3) is 0 Å². The second-order valence-electron chi connectivity index (χ2n) is 6.93. The Labute approximate surface area is 161 Å². The Morgan fingerprint density at radius 2 is 1.70 bits per heavy atom. The van der Waals surface area contributed by atoms with Gasteiger partial charge in [0.25, 0.3) is 0 Å². The standard InChI is InChI=1S/C21H31NO5/c1-25-18-10-9-16(15-19(18)26-2)11-13-22(14-12-20(23)27-3)21(24)17-7-5-4-6-8-17/h9-10,15,17H,4-8,11-14H2,1-3H3. The molecule has 1 aromatic rings. The van der Waals surface area contributed by atoms with Crippen molar-refractivity contribution in [2.75, 3.05) is 34.4 Å². The Kier molecular flexibility index (Phi) is 8.43. The van der Waals surface area contributed by atoms with Gasteiger partial charge in [-0.05, 0) is 37.0 Å². The molecule has 6 heteroatoms. The van der Waals surface area contributed by atoms with Gasteiger partial charge in [0.2, 0.25) is 5.91 Å². The van der Waals surface area contributed by atoms with Gasteiger partial charge in [0.15, 0.2) is 11.5 Å². The lowest BCUT2D eigenvalue weighted by atomic mass is 9.88. The first-order chi connectivity index (χ1) is 13.1. The molecule has 0 N–H and O–H groups in total. The summed E-state index contributed by atoms with van der Waals surface area (Å²) < 4.78 is 15.4. The lowest BCUT2D eigenvalue weighted by molar-refractivity contribution is -0.142. The van der Waals surface area contributed by atoms with Crippen LogP contribution in [0, 0.1) is 5.92 Å². The summed E-state index contributed by atoms with van der Waals surface area (Å²) in [6.45, 7) is 0.969. The molecule has 1 aromatic carbocycles. The molecule has 6 nitrogen and oxygen atoms in total. The number of esters is 1. The fourth-order valence-electron chi connectivity index (χ4n) is 3.57. The molecule has 0 saturated heterocycles. The summed E-state index contributed by atoms with van der Waals surface area (Å²) in [6, 6.07) is 5.78. The van der Waals surface area contributed by atoms with Crippen LogP contribution in [0.15, 0.2) is 18.2 Å².